The van der Waals surface area contributed by atoms with E-state index in [-0.39, 0.29) is 5.60 Å². The summed E-state index contributed by atoms with van der Waals surface area (Å²) in [5.41, 5.74) is -0.0148. The van der Waals surface area contributed by atoms with E-state index in [2.05, 4.69) is 19.2 Å². The predicted molar refractivity (Wildman–Crippen MR) is 81.4 cm³/mol. The molecule has 0 unspecified atom stereocenters. The molecule has 1 N–H and O–H groups in total. The van der Waals surface area contributed by atoms with E-state index in [9.17, 15) is 0 Å². The first-order valence-corrected chi connectivity index (χ1v) is 7.64. The summed E-state index contributed by atoms with van der Waals surface area (Å²) in [4.78, 5) is 0. The van der Waals surface area contributed by atoms with Crippen LogP contribution in [-0.4, -0.2) is 18.2 Å². The molecule has 1 saturated carbocycles. The summed E-state index contributed by atoms with van der Waals surface area (Å²) in [6.07, 6.45) is 4.51. The maximum atomic E-state index is 6.17. The van der Waals surface area contributed by atoms with Gasteiger partial charge in [-0.15, -0.1) is 0 Å². The van der Waals surface area contributed by atoms with Crippen LogP contribution in [-0.2, 0) is 0 Å². The second-order valence-corrected chi connectivity index (χ2v) is 6.39. The van der Waals surface area contributed by atoms with Crippen LogP contribution in [0.15, 0.2) is 18.2 Å². The Morgan fingerprint density at radius 2 is 2.00 bits per heavy atom. The predicted octanol–water partition coefficient (Wildman–Crippen LogP) is 4.68. The van der Waals surface area contributed by atoms with E-state index in [1.807, 2.05) is 6.07 Å². The molecule has 2 nitrogen and oxygen atoms in total. The SMILES string of the molecule is CC(C)NCCC1(Oc2ccc(Cl)c(Cl)c2)CCC1. The molecule has 0 aliphatic heterocycles. The Morgan fingerprint density at radius 3 is 2.53 bits per heavy atom. The molecule has 1 aliphatic rings. The molecule has 0 heterocycles. The summed E-state index contributed by atoms with van der Waals surface area (Å²) in [6, 6.07) is 6.00. The molecule has 0 spiro atoms. The molecule has 1 aromatic rings. The van der Waals surface area contributed by atoms with Crippen LogP contribution in [0, 0.1) is 0 Å². The van der Waals surface area contributed by atoms with E-state index >= 15 is 0 Å². The summed E-state index contributed by atoms with van der Waals surface area (Å²) < 4.78 is 6.17. The van der Waals surface area contributed by atoms with Crippen LogP contribution in [0.1, 0.15) is 39.5 Å². The van der Waals surface area contributed by atoms with E-state index < -0.39 is 0 Å². The fourth-order valence-corrected chi connectivity index (χ4v) is 2.64. The summed E-state index contributed by atoms with van der Waals surface area (Å²) in [7, 11) is 0. The van der Waals surface area contributed by atoms with Crippen LogP contribution in [0.2, 0.25) is 10.0 Å². The number of hydrogen-bond donors (Lipinski definition) is 1. The monoisotopic (exact) mass is 301 g/mol. The Bertz CT molecular complexity index is 430. The Kier molecular flexibility index (Phi) is 4.99. The number of hydrogen-bond acceptors (Lipinski definition) is 2. The van der Waals surface area contributed by atoms with Crippen LogP contribution in [0.4, 0.5) is 0 Å². The Hall–Kier alpha value is -0.440. The van der Waals surface area contributed by atoms with Gasteiger partial charge in [0, 0.05) is 12.1 Å². The Balaban J connectivity index is 1.95. The zero-order chi connectivity index (χ0) is 13.9. The van der Waals surface area contributed by atoms with Gasteiger partial charge in [0.05, 0.1) is 10.0 Å². The first kappa shape index (κ1) is 15.0. The third-order valence-corrected chi connectivity index (χ3v) is 4.36. The molecular formula is C15H21Cl2NO. The Labute approximate surface area is 125 Å². The third kappa shape index (κ3) is 4.01. The van der Waals surface area contributed by atoms with Gasteiger partial charge in [-0.2, -0.15) is 0 Å². The lowest BCUT2D eigenvalue weighted by molar-refractivity contribution is -0.0145. The van der Waals surface area contributed by atoms with Gasteiger partial charge in [-0.05, 0) is 44.4 Å². The van der Waals surface area contributed by atoms with Gasteiger partial charge in [-0.1, -0.05) is 37.0 Å². The van der Waals surface area contributed by atoms with Gasteiger partial charge in [0.15, 0.2) is 0 Å². The van der Waals surface area contributed by atoms with Gasteiger partial charge in [0.25, 0.3) is 0 Å². The van der Waals surface area contributed by atoms with E-state index in [1.54, 1.807) is 12.1 Å². The minimum absolute atomic E-state index is 0.0148. The fraction of sp³-hybridized carbons (Fsp3) is 0.600. The molecule has 106 valence electrons. The van der Waals surface area contributed by atoms with Crippen LogP contribution in [0.3, 0.4) is 0 Å². The smallest absolute Gasteiger partial charge is 0.121 e. The summed E-state index contributed by atoms with van der Waals surface area (Å²) in [5.74, 6) is 0.818. The highest BCUT2D eigenvalue weighted by atomic mass is 35.5. The highest BCUT2D eigenvalue weighted by Crippen LogP contribution is 2.40. The molecule has 2 rings (SSSR count). The summed E-state index contributed by atoms with van der Waals surface area (Å²) in [6.45, 7) is 5.31. The van der Waals surface area contributed by atoms with Gasteiger partial charge in [-0.25, -0.2) is 0 Å². The lowest BCUT2D eigenvalue weighted by atomic mass is 9.77. The molecule has 1 aliphatic carbocycles. The number of halogens is 2. The maximum absolute atomic E-state index is 6.17. The van der Waals surface area contributed by atoms with Crippen LogP contribution in [0.5, 0.6) is 5.75 Å². The second kappa shape index (κ2) is 6.34. The minimum Gasteiger partial charge on any atom is -0.487 e. The molecule has 1 aromatic carbocycles. The van der Waals surface area contributed by atoms with Crippen molar-refractivity contribution in [1.29, 1.82) is 0 Å². The molecule has 0 aromatic heterocycles. The van der Waals surface area contributed by atoms with E-state index in [0.29, 0.717) is 16.1 Å². The Morgan fingerprint density at radius 1 is 1.26 bits per heavy atom. The van der Waals surface area contributed by atoms with E-state index in [0.717, 1.165) is 31.6 Å². The first-order valence-electron chi connectivity index (χ1n) is 6.88. The quantitative estimate of drug-likeness (QED) is 0.823. The average molecular weight is 302 g/mol. The highest BCUT2D eigenvalue weighted by Gasteiger charge is 2.38. The molecule has 4 heteroatoms. The van der Waals surface area contributed by atoms with Crippen molar-refractivity contribution in [2.24, 2.45) is 0 Å². The zero-order valence-corrected chi connectivity index (χ0v) is 13.0. The van der Waals surface area contributed by atoms with Crippen molar-refractivity contribution in [2.75, 3.05) is 6.54 Å². The van der Waals surface area contributed by atoms with Crippen molar-refractivity contribution in [3.63, 3.8) is 0 Å². The molecule has 1 fully saturated rings. The van der Waals surface area contributed by atoms with Crippen molar-refractivity contribution in [1.82, 2.24) is 5.32 Å². The average Bonchev–Trinajstić information content (AvgIpc) is 2.30. The van der Waals surface area contributed by atoms with Crippen molar-refractivity contribution < 1.29 is 4.74 Å². The number of ether oxygens (including phenoxy) is 1. The lowest BCUT2D eigenvalue weighted by Crippen LogP contribution is -2.45. The first-order chi connectivity index (χ1) is 9.01. The largest absolute Gasteiger partial charge is 0.487 e. The van der Waals surface area contributed by atoms with Crippen molar-refractivity contribution >= 4 is 23.2 Å². The molecular weight excluding hydrogens is 281 g/mol. The van der Waals surface area contributed by atoms with Gasteiger partial charge in [0.1, 0.15) is 11.4 Å². The lowest BCUT2D eigenvalue weighted by Gasteiger charge is -2.42. The summed E-state index contributed by atoms with van der Waals surface area (Å²) >= 11 is 11.9. The molecule has 0 saturated heterocycles. The topological polar surface area (TPSA) is 21.3 Å². The normalized spacial score (nSPS) is 17.3. The van der Waals surface area contributed by atoms with Crippen LogP contribution < -0.4 is 10.1 Å². The maximum Gasteiger partial charge on any atom is 0.121 e. The zero-order valence-electron chi connectivity index (χ0n) is 11.5. The number of benzene rings is 1. The van der Waals surface area contributed by atoms with E-state index in [4.69, 9.17) is 27.9 Å². The number of nitrogens with one attached hydrogen (secondary N) is 1. The van der Waals surface area contributed by atoms with Gasteiger partial charge < -0.3 is 10.1 Å². The van der Waals surface area contributed by atoms with Gasteiger partial charge in [0.2, 0.25) is 0 Å². The second-order valence-electron chi connectivity index (χ2n) is 5.57. The van der Waals surface area contributed by atoms with Crippen molar-refractivity contribution in [2.45, 2.75) is 51.2 Å². The van der Waals surface area contributed by atoms with Crippen LogP contribution >= 0.6 is 23.2 Å². The van der Waals surface area contributed by atoms with Crippen LogP contribution in [0.25, 0.3) is 0 Å². The number of rotatable bonds is 6. The highest BCUT2D eigenvalue weighted by molar-refractivity contribution is 6.42. The van der Waals surface area contributed by atoms with Crippen molar-refractivity contribution in [3.05, 3.63) is 28.2 Å². The van der Waals surface area contributed by atoms with Gasteiger partial charge in [-0.3, -0.25) is 0 Å². The third-order valence-electron chi connectivity index (χ3n) is 3.62. The molecule has 0 bridgehead atoms. The molecule has 0 atom stereocenters. The van der Waals surface area contributed by atoms with E-state index in [1.165, 1.54) is 6.42 Å². The van der Waals surface area contributed by atoms with Gasteiger partial charge >= 0.3 is 0 Å². The standard InChI is InChI=1S/C15H21Cl2NO/c1-11(2)18-9-8-15(6-3-7-15)19-12-4-5-13(16)14(17)10-12/h4-5,10-11,18H,3,6-9H2,1-2H3. The molecule has 19 heavy (non-hydrogen) atoms. The fourth-order valence-electron chi connectivity index (χ4n) is 2.35. The summed E-state index contributed by atoms with van der Waals surface area (Å²) in [5, 5.41) is 4.57. The minimum atomic E-state index is -0.0148. The molecule has 0 radical (unpaired) electrons. The van der Waals surface area contributed by atoms with Crippen molar-refractivity contribution in [3.8, 4) is 5.75 Å². The molecule has 0 amide bonds.